The van der Waals surface area contributed by atoms with Gasteiger partial charge in [0, 0.05) is 48.0 Å². The molecule has 0 heterocycles. The first-order chi connectivity index (χ1) is 14.7. The molecular formula is C18H34F12Si4. The summed E-state index contributed by atoms with van der Waals surface area (Å²) < 4.78 is 168. The lowest BCUT2D eigenvalue weighted by Gasteiger charge is -2.41. The van der Waals surface area contributed by atoms with E-state index in [1.165, 1.54) is 0 Å². The lowest BCUT2D eigenvalue weighted by Crippen LogP contribution is -2.70. The molecule has 0 aromatic heterocycles. The first kappa shape index (κ1) is 34.0. The van der Waals surface area contributed by atoms with E-state index in [1.807, 2.05) is 39.3 Å². The van der Waals surface area contributed by atoms with Crippen LogP contribution in [0.4, 0.5) is 52.7 Å². The van der Waals surface area contributed by atoms with Gasteiger partial charge in [-0.2, -0.15) is 52.7 Å². The second-order valence-electron chi connectivity index (χ2n) is 11.2. The average Bonchev–Trinajstić information content (AvgIpc) is 2.60. The van der Waals surface area contributed by atoms with Crippen LogP contribution < -0.4 is 0 Å². The summed E-state index contributed by atoms with van der Waals surface area (Å²) in [6, 6.07) is -1.24. The molecule has 0 aliphatic rings. The van der Waals surface area contributed by atoms with Gasteiger partial charge in [0.1, 0.15) is 0 Å². The number of hydrogen-bond acceptors (Lipinski definition) is 0. The molecule has 0 saturated heterocycles. The molecule has 0 aliphatic heterocycles. The summed E-state index contributed by atoms with van der Waals surface area (Å²) in [5.41, 5.74) is 0.957. The normalized spacial score (nSPS) is 16.4. The molecule has 0 amide bonds. The molecule has 0 aromatic rings. The summed E-state index contributed by atoms with van der Waals surface area (Å²) in [7, 11) is -6.36. The molecule has 0 saturated carbocycles. The zero-order chi connectivity index (χ0) is 27.7. The first-order valence-corrected chi connectivity index (χ1v) is 22.3. The van der Waals surface area contributed by atoms with Crippen molar-refractivity contribution in [1.82, 2.24) is 0 Å². The molecular weight excluding hydrogens is 557 g/mol. The Morgan fingerprint density at radius 2 is 0.676 bits per heavy atom. The minimum absolute atomic E-state index is 0.479. The predicted molar refractivity (Wildman–Crippen MR) is 122 cm³/mol. The van der Waals surface area contributed by atoms with Crippen molar-refractivity contribution in [3.8, 4) is 0 Å². The highest BCUT2D eigenvalue weighted by atomic mass is 28.4. The molecule has 0 bridgehead atoms. The summed E-state index contributed by atoms with van der Waals surface area (Å²) in [6.07, 6.45) is -3.85. The van der Waals surface area contributed by atoms with E-state index in [1.54, 1.807) is 0 Å². The molecule has 0 atom stereocenters. The largest absolute Gasteiger partial charge is 0.384 e. The quantitative estimate of drug-likeness (QED) is 0.106. The number of halogens is 12. The van der Waals surface area contributed by atoms with Crippen LogP contribution in [0.25, 0.3) is 0 Å². The van der Waals surface area contributed by atoms with Crippen molar-refractivity contribution in [3.63, 3.8) is 0 Å². The topological polar surface area (TPSA) is 0 Å². The van der Waals surface area contributed by atoms with Crippen molar-refractivity contribution in [2.24, 2.45) is 0 Å². The van der Waals surface area contributed by atoms with Crippen LogP contribution in [0.3, 0.4) is 0 Å². The van der Waals surface area contributed by atoms with E-state index in [0.717, 1.165) is 0 Å². The smallest absolute Gasteiger partial charge is 0.200 e. The van der Waals surface area contributed by atoms with E-state index in [-0.39, 0.29) is 0 Å². The van der Waals surface area contributed by atoms with Crippen molar-refractivity contribution >= 4 is 35.2 Å². The van der Waals surface area contributed by atoms with Crippen molar-refractivity contribution in [2.75, 3.05) is 0 Å². The van der Waals surface area contributed by atoms with Gasteiger partial charge >= 0.3 is 35.5 Å². The van der Waals surface area contributed by atoms with Crippen LogP contribution in [-0.2, 0) is 0 Å². The summed E-state index contributed by atoms with van der Waals surface area (Å²) in [5, 5.41) is 0. The molecule has 34 heavy (non-hydrogen) atoms. The van der Waals surface area contributed by atoms with Crippen LogP contribution in [0, 0.1) is 0 Å². The Labute approximate surface area is 199 Å². The van der Waals surface area contributed by atoms with Crippen LogP contribution in [0.5, 0.6) is 0 Å². The van der Waals surface area contributed by atoms with Crippen LogP contribution in [0.15, 0.2) is 0 Å². The Morgan fingerprint density at radius 1 is 0.441 bits per heavy atom. The van der Waals surface area contributed by atoms with Crippen LogP contribution in [0.1, 0.15) is 12.8 Å². The predicted octanol–water partition coefficient (Wildman–Crippen LogP) is 7.34. The first-order valence-electron chi connectivity index (χ1n) is 10.9. The maximum atomic E-state index is 14.0. The van der Waals surface area contributed by atoms with E-state index >= 15 is 0 Å². The monoisotopic (exact) mass is 590 g/mol. The van der Waals surface area contributed by atoms with Crippen molar-refractivity contribution in [2.45, 2.75) is 111 Å². The Hall–Kier alpha value is 0.0275. The molecule has 0 aromatic carbocycles. The standard InChI is InChI=1S/C18H34F12Si4/c1-33(2,3)11-31-9-7-13(19,20)15(23,24)17(27,28)18(29,30)16(25,26)14(21,22)8-10-32-12-34(4,5)6/h7-12,31-32H2,1-6H3. The Morgan fingerprint density at radius 3 is 0.882 bits per heavy atom. The van der Waals surface area contributed by atoms with Crippen molar-refractivity contribution < 1.29 is 52.7 Å². The number of hydrogen-bond donors (Lipinski definition) is 0. The summed E-state index contributed by atoms with van der Waals surface area (Å²) in [5.74, 6) is -40.4. The van der Waals surface area contributed by atoms with Gasteiger partial charge in [-0.25, -0.2) is 0 Å². The number of rotatable bonds is 15. The third-order valence-electron chi connectivity index (χ3n) is 5.44. The minimum atomic E-state index is -7.42. The Balaban J connectivity index is 5.72. The van der Waals surface area contributed by atoms with Crippen molar-refractivity contribution in [3.05, 3.63) is 0 Å². The van der Waals surface area contributed by atoms with Crippen LogP contribution >= 0.6 is 0 Å². The molecule has 0 spiro atoms. The zero-order valence-corrected chi connectivity index (χ0v) is 25.0. The van der Waals surface area contributed by atoms with Gasteiger partial charge in [0.25, 0.3) is 0 Å². The molecule has 0 rings (SSSR count). The second-order valence-corrected chi connectivity index (χ2v) is 28.3. The molecule has 0 unspecified atom stereocenters. The molecule has 0 fully saturated rings. The molecule has 0 nitrogen and oxygen atoms in total. The van der Waals surface area contributed by atoms with Gasteiger partial charge < -0.3 is 0 Å². The zero-order valence-electron chi connectivity index (χ0n) is 20.2. The lowest BCUT2D eigenvalue weighted by molar-refractivity contribution is -0.425. The van der Waals surface area contributed by atoms with E-state index in [0.29, 0.717) is 11.3 Å². The number of alkyl halides is 12. The van der Waals surface area contributed by atoms with E-state index in [9.17, 15) is 52.7 Å². The molecule has 0 aliphatic carbocycles. The van der Waals surface area contributed by atoms with E-state index < -0.39 is 95.7 Å². The second kappa shape index (κ2) is 10.8. The minimum Gasteiger partial charge on any atom is -0.200 e. The fourth-order valence-electron chi connectivity index (χ4n) is 3.17. The van der Waals surface area contributed by atoms with Gasteiger partial charge in [0.2, 0.25) is 0 Å². The highest BCUT2D eigenvalue weighted by Crippen LogP contribution is 2.61. The molecule has 16 heteroatoms. The van der Waals surface area contributed by atoms with Gasteiger partial charge in [-0.05, 0) is 0 Å². The van der Waals surface area contributed by atoms with Gasteiger partial charge in [-0.1, -0.05) is 62.7 Å². The van der Waals surface area contributed by atoms with Gasteiger partial charge in [0.15, 0.2) is 0 Å². The third kappa shape index (κ3) is 7.76. The maximum Gasteiger partial charge on any atom is 0.384 e. The fraction of sp³-hybridized carbons (Fsp3) is 1.00. The lowest BCUT2D eigenvalue weighted by atomic mass is 9.90. The van der Waals surface area contributed by atoms with Gasteiger partial charge in [0.05, 0.1) is 0 Å². The van der Waals surface area contributed by atoms with E-state index in [2.05, 4.69) is 0 Å². The Kier molecular flexibility index (Phi) is 10.8. The molecule has 0 N–H and O–H groups in total. The fourth-order valence-corrected chi connectivity index (χ4v) is 15.0. The highest BCUT2D eigenvalue weighted by molar-refractivity contribution is 6.83. The Bertz CT molecular complexity index is 598. The maximum absolute atomic E-state index is 14.0. The average molecular weight is 591 g/mol. The third-order valence-corrected chi connectivity index (χ3v) is 22.0. The van der Waals surface area contributed by atoms with Gasteiger partial charge in [-0.15, -0.1) is 0 Å². The van der Waals surface area contributed by atoms with Crippen LogP contribution in [-0.4, -0.2) is 70.7 Å². The summed E-state index contributed by atoms with van der Waals surface area (Å²) >= 11 is 0. The summed E-state index contributed by atoms with van der Waals surface area (Å²) in [4.78, 5) is 0. The summed E-state index contributed by atoms with van der Waals surface area (Å²) in [6.45, 7) is 11.1. The molecule has 206 valence electrons. The SMILES string of the molecule is C[Si](C)(C)C[SiH2]CCC(F)(F)C(F)(F)C(F)(F)C(F)(F)C(F)(F)C(F)(F)CC[SiH2]C[Si](C)(C)C. The van der Waals surface area contributed by atoms with Crippen molar-refractivity contribution in [1.29, 1.82) is 0 Å². The van der Waals surface area contributed by atoms with Gasteiger partial charge in [-0.3, -0.25) is 0 Å². The van der Waals surface area contributed by atoms with E-state index in [4.69, 9.17) is 0 Å². The van der Waals surface area contributed by atoms with Crippen LogP contribution in [0.2, 0.25) is 62.7 Å². The highest BCUT2D eigenvalue weighted by Gasteiger charge is 2.89. The molecule has 0 radical (unpaired) electrons.